The van der Waals surface area contributed by atoms with Gasteiger partial charge in [-0.05, 0) is 40.5 Å². The van der Waals surface area contributed by atoms with Crippen LogP contribution in [0.4, 0.5) is 0 Å². The molecule has 1 aliphatic rings. The van der Waals surface area contributed by atoms with Gasteiger partial charge in [0.15, 0.2) is 11.5 Å². The molecule has 3 N–H and O–H groups in total. The summed E-state index contributed by atoms with van der Waals surface area (Å²) in [5.74, 6) is -0.335. The highest BCUT2D eigenvalue weighted by Gasteiger charge is 2.22. The molecule has 2 aromatic rings. The van der Waals surface area contributed by atoms with E-state index in [1.54, 1.807) is 12.3 Å². The van der Waals surface area contributed by atoms with Crippen molar-refractivity contribution in [3.8, 4) is 22.6 Å². The number of hydrogen-bond donors (Lipinski definition) is 3. The predicted molar refractivity (Wildman–Crippen MR) is 89.5 cm³/mol. The largest absolute Gasteiger partial charge is 0.486 e. The zero-order valence-corrected chi connectivity index (χ0v) is 14.3. The minimum absolute atomic E-state index is 0.353. The van der Waals surface area contributed by atoms with E-state index in [2.05, 4.69) is 26.2 Å². The van der Waals surface area contributed by atoms with E-state index in [9.17, 15) is 9.59 Å². The van der Waals surface area contributed by atoms with Crippen LogP contribution in [0.1, 0.15) is 17.3 Å². The third-order valence-corrected chi connectivity index (χ3v) is 4.21. The number of benzene rings is 1. The molecule has 0 unspecified atom stereocenters. The van der Waals surface area contributed by atoms with Crippen LogP contribution in [-0.2, 0) is 4.79 Å². The molecule has 0 bridgehead atoms. The molecule has 7 nitrogen and oxygen atoms in total. The number of carboxylic acids is 1. The summed E-state index contributed by atoms with van der Waals surface area (Å²) in [5.41, 5.74) is 1.75. The van der Waals surface area contributed by atoms with E-state index in [0.717, 1.165) is 10.0 Å². The highest BCUT2D eigenvalue weighted by Crippen LogP contribution is 2.41. The third-order valence-electron chi connectivity index (χ3n) is 3.62. The maximum absolute atomic E-state index is 12.3. The van der Waals surface area contributed by atoms with Crippen molar-refractivity contribution in [2.45, 2.75) is 13.0 Å². The van der Waals surface area contributed by atoms with Gasteiger partial charge in [0.05, 0.1) is 10.0 Å². The van der Waals surface area contributed by atoms with Crippen molar-refractivity contribution < 1.29 is 24.2 Å². The van der Waals surface area contributed by atoms with Gasteiger partial charge in [-0.25, -0.2) is 0 Å². The highest BCUT2D eigenvalue weighted by atomic mass is 79.9. The second-order valence-corrected chi connectivity index (χ2v) is 6.15. The number of halogens is 1. The van der Waals surface area contributed by atoms with Crippen LogP contribution in [0.25, 0.3) is 11.1 Å². The van der Waals surface area contributed by atoms with Crippen molar-refractivity contribution in [3.63, 3.8) is 0 Å². The Balaban J connectivity index is 1.94. The van der Waals surface area contributed by atoms with Crippen LogP contribution in [0.15, 0.2) is 29.0 Å². The van der Waals surface area contributed by atoms with Crippen LogP contribution < -0.4 is 14.8 Å². The number of hydrogen-bond acceptors (Lipinski definition) is 4. The highest BCUT2D eigenvalue weighted by molar-refractivity contribution is 9.10. The molecule has 3 rings (SSSR count). The van der Waals surface area contributed by atoms with Gasteiger partial charge in [0.25, 0.3) is 5.91 Å². The van der Waals surface area contributed by atoms with Gasteiger partial charge in [-0.3, -0.25) is 9.59 Å². The summed E-state index contributed by atoms with van der Waals surface area (Å²) in [6.07, 6.45) is 3.21. The molecule has 2 heterocycles. The Labute approximate surface area is 146 Å². The number of carbonyl (C=O) groups is 2. The van der Waals surface area contributed by atoms with Crippen molar-refractivity contribution in [2.75, 3.05) is 13.2 Å². The molecule has 0 saturated heterocycles. The average Bonchev–Trinajstić information content (AvgIpc) is 3.04. The van der Waals surface area contributed by atoms with Crippen molar-refractivity contribution in [1.29, 1.82) is 0 Å². The van der Waals surface area contributed by atoms with Crippen LogP contribution in [-0.4, -0.2) is 41.2 Å². The standard InChI is InChI=1S/C16H15BrN2O5/c1-8(16(21)22)19-15(20)11-7-18-6-10(11)9-4-12(17)14-13(5-9)23-2-3-24-14/h4-8,18H,2-3H2,1H3,(H,19,20)(H,21,22)/t8-/m0/s1. The Bertz CT molecular complexity index is 802. The van der Waals surface area contributed by atoms with Gasteiger partial charge in [0.1, 0.15) is 19.3 Å². The molecule has 0 aliphatic carbocycles. The zero-order valence-electron chi connectivity index (χ0n) is 12.8. The second kappa shape index (κ2) is 6.56. The van der Waals surface area contributed by atoms with Crippen LogP contribution in [0.5, 0.6) is 11.5 Å². The summed E-state index contributed by atoms with van der Waals surface area (Å²) in [6, 6.07) is 2.64. The average molecular weight is 395 g/mol. The molecule has 1 aliphatic heterocycles. The van der Waals surface area contributed by atoms with Gasteiger partial charge >= 0.3 is 5.97 Å². The molecule has 0 radical (unpaired) electrons. The summed E-state index contributed by atoms with van der Waals surface area (Å²) in [5, 5.41) is 11.4. The summed E-state index contributed by atoms with van der Waals surface area (Å²) >= 11 is 3.45. The Kier molecular flexibility index (Phi) is 4.48. The molecule has 1 atom stereocenters. The number of amides is 1. The molecule has 1 aromatic carbocycles. The number of ether oxygens (including phenoxy) is 2. The molecule has 0 fully saturated rings. The number of fused-ring (bicyclic) bond motifs is 1. The van der Waals surface area contributed by atoms with Crippen LogP contribution in [0.2, 0.25) is 0 Å². The number of carbonyl (C=O) groups excluding carboxylic acids is 1. The van der Waals surface area contributed by atoms with Crippen molar-refractivity contribution in [1.82, 2.24) is 10.3 Å². The lowest BCUT2D eigenvalue weighted by molar-refractivity contribution is -0.138. The summed E-state index contributed by atoms with van der Waals surface area (Å²) in [6.45, 7) is 2.35. The number of aromatic amines is 1. The monoisotopic (exact) mass is 394 g/mol. The molecular weight excluding hydrogens is 380 g/mol. The summed E-state index contributed by atoms with van der Waals surface area (Å²) in [7, 11) is 0. The van der Waals surface area contributed by atoms with E-state index >= 15 is 0 Å². The third kappa shape index (κ3) is 3.09. The smallest absolute Gasteiger partial charge is 0.325 e. The fraction of sp³-hybridized carbons (Fsp3) is 0.250. The van der Waals surface area contributed by atoms with E-state index in [1.807, 2.05) is 6.07 Å². The maximum atomic E-state index is 12.3. The van der Waals surface area contributed by atoms with Crippen molar-refractivity contribution in [3.05, 3.63) is 34.6 Å². The Morgan fingerprint density at radius 2 is 2.04 bits per heavy atom. The Morgan fingerprint density at radius 3 is 2.79 bits per heavy atom. The van der Waals surface area contributed by atoms with E-state index in [0.29, 0.717) is 35.8 Å². The zero-order chi connectivity index (χ0) is 17.3. The molecule has 24 heavy (non-hydrogen) atoms. The molecule has 0 spiro atoms. The lowest BCUT2D eigenvalue weighted by Gasteiger charge is -2.20. The topological polar surface area (TPSA) is 101 Å². The van der Waals surface area contributed by atoms with Gasteiger partial charge in [0.2, 0.25) is 0 Å². The van der Waals surface area contributed by atoms with Gasteiger partial charge in [-0.2, -0.15) is 0 Å². The normalized spacial score (nSPS) is 14.1. The summed E-state index contributed by atoms with van der Waals surface area (Å²) in [4.78, 5) is 26.1. The van der Waals surface area contributed by atoms with E-state index in [1.165, 1.54) is 13.1 Å². The first-order valence-electron chi connectivity index (χ1n) is 7.27. The van der Waals surface area contributed by atoms with E-state index in [4.69, 9.17) is 14.6 Å². The quantitative estimate of drug-likeness (QED) is 0.738. The number of aromatic nitrogens is 1. The lowest BCUT2D eigenvalue weighted by atomic mass is 10.0. The van der Waals surface area contributed by atoms with E-state index < -0.39 is 17.9 Å². The van der Waals surface area contributed by atoms with Gasteiger partial charge in [0, 0.05) is 18.0 Å². The predicted octanol–water partition coefficient (Wildman–Crippen LogP) is 2.42. The fourth-order valence-corrected chi connectivity index (χ4v) is 2.95. The molecule has 126 valence electrons. The van der Waals surface area contributed by atoms with Crippen molar-refractivity contribution in [2.24, 2.45) is 0 Å². The Hall–Kier alpha value is -2.48. The van der Waals surface area contributed by atoms with Crippen LogP contribution >= 0.6 is 15.9 Å². The number of rotatable bonds is 4. The first-order chi connectivity index (χ1) is 11.5. The number of aliphatic carboxylic acids is 1. The first-order valence-corrected chi connectivity index (χ1v) is 8.06. The second-order valence-electron chi connectivity index (χ2n) is 5.30. The fourth-order valence-electron chi connectivity index (χ4n) is 2.39. The SMILES string of the molecule is C[C@H](NC(=O)c1c[nH]cc1-c1cc(Br)c2c(c1)OCCO2)C(=O)O. The van der Waals surface area contributed by atoms with Gasteiger partial charge < -0.3 is 24.9 Å². The van der Waals surface area contributed by atoms with E-state index in [-0.39, 0.29) is 0 Å². The van der Waals surface area contributed by atoms with Crippen LogP contribution in [0, 0.1) is 0 Å². The van der Waals surface area contributed by atoms with Gasteiger partial charge in [-0.1, -0.05) is 0 Å². The lowest BCUT2D eigenvalue weighted by Crippen LogP contribution is -2.38. The molecule has 0 saturated carbocycles. The molecule has 8 heteroatoms. The minimum atomic E-state index is -1.09. The molecule has 1 amide bonds. The number of H-pyrrole nitrogens is 1. The molecule has 1 aromatic heterocycles. The van der Waals surface area contributed by atoms with Crippen LogP contribution in [0.3, 0.4) is 0 Å². The molecular formula is C16H15BrN2O5. The van der Waals surface area contributed by atoms with Gasteiger partial charge in [-0.15, -0.1) is 0 Å². The number of nitrogens with one attached hydrogen (secondary N) is 2. The maximum Gasteiger partial charge on any atom is 0.325 e. The minimum Gasteiger partial charge on any atom is -0.486 e. The summed E-state index contributed by atoms with van der Waals surface area (Å²) < 4.78 is 11.9. The van der Waals surface area contributed by atoms with Crippen molar-refractivity contribution >= 4 is 27.8 Å². The first kappa shape index (κ1) is 16.4. The Morgan fingerprint density at radius 1 is 1.29 bits per heavy atom. The number of carboxylic acid groups (broad SMARTS) is 1.